The van der Waals surface area contributed by atoms with E-state index in [1.807, 2.05) is 31.3 Å². The molecule has 1 unspecified atom stereocenters. The van der Waals surface area contributed by atoms with Crippen LogP contribution in [0.2, 0.25) is 0 Å². The van der Waals surface area contributed by atoms with Gasteiger partial charge in [0, 0.05) is 11.3 Å². The van der Waals surface area contributed by atoms with Crippen LogP contribution < -0.4 is 10.1 Å². The SMILES string of the molecule is CNC(Oc1ccc(C(C)(C)c2ccc(F)cc2)cc1)C1CCCC1. The third-order valence-electron chi connectivity index (χ3n) is 5.52. The average Bonchev–Trinajstić information content (AvgIpc) is 3.15. The molecule has 1 saturated carbocycles. The van der Waals surface area contributed by atoms with E-state index in [1.165, 1.54) is 43.4 Å². The summed E-state index contributed by atoms with van der Waals surface area (Å²) in [4.78, 5) is 0. The lowest BCUT2D eigenvalue weighted by Crippen LogP contribution is -2.37. The molecule has 0 heterocycles. The Hall–Kier alpha value is -1.87. The summed E-state index contributed by atoms with van der Waals surface area (Å²) in [7, 11) is 1.97. The minimum Gasteiger partial charge on any atom is -0.475 e. The maximum Gasteiger partial charge on any atom is 0.152 e. The van der Waals surface area contributed by atoms with Gasteiger partial charge < -0.3 is 4.74 Å². The van der Waals surface area contributed by atoms with Crippen LogP contribution in [0.4, 0.5) is 4.39 Å². The van der Waals surface area contributed by atoms with Crippen molar-refractivity contribution in [2.45, 2.75) is 51.2 Å². The molecular formula is C22H28FNO. The molecule has 0 aromatic heterocycles. The summed E-state index contributed by atoms with van der Waals surface area (Å²) < 4.78 is 19.4. The number of hydrogen-bond donors (Lipinski definition) is 1. The molecule has 134 valence electrons. The lowest BCUT2D eigenvalue weighted by atomic mass is 9.78. The largest absolute Gasteiger partial charge is 0.475 e. The van der Waals surface area contributed by atoms with Gasteiger partial charge in [0.05, 0.1) is 0 Å². The summed E-state index contributed by atoms with van der Waals surface area (Å²) >= 11 is 0. The maximum atomic E-state index is 13.2. The van der Waals surface area contributed by atoms with E-state index < -0.39 is 0 Å². The van der Waals surface area contributed by atoms with Crippen LogP contribution in [0.15, 0.2) is 48.5 Å². The number of hydrogen-bond acceptors (Lipinski definition) is 2. The standard InChI is InChI=1S/C22H28FNO/c1-22(2,17-8-12-19(23)13-9-17)18-10-14-20(15-11-18)25-21(24-3)16-6-4-5-7-16/h8-16,21,24H,4-7H2,1-3H3. The first-order valence-electron chi connectivity index (χ1n) is 9.21. The van der Waals surface area contributed by atoms with E-state index >= 15 is 0 Å². The molecule has 1 atom stereocenters. The van der Waals surface area contributed by atoms with Crippen LogP contribution in [-0.2, 0) is 5.41 Å². The summed E-state index contributed by atoms with van der Waals surface area (Å²) in [6, 6.07) is 15.1. The van der Waals surface area contributed by atoms with Crippen molar-refractivity contribution in [1.82, 2.24) is 5.32 Å². The van der Waals surface area contributed by atoms with E-state index in [0.29, 0.717) is 5.92 Å². The predicted molar refractivity (Wildman–Crippen MR) is 100 cm³/mol. The van der Waals surface area contributed by atoms with Crippen molar-refractivity contribution in [2.75, 3.05) is 7.05 Å². The van der Waals surface area contributed by atoms with Gasteiger partial charge in [-0.05, 0) is 55.3 Å². The second kappa shape index (κ2) is 7.57. The zero-order chi connectivity index (χ0) is 17.9. The first-order valence-corrected chi connectivity index (χ1v) is 9.21. The highest BCUT2D eigenvalue weighted by atomic mass is 19.1. The Bertz CT molecular complexity index is 672. The lowest BCUT2D eigenvalue weighted by molar-refractivity contribution is 0.110. The van der Waals surface area contributed by atoms with Gasteiger partial charge in [0.15, 0.2) is 6.23 Å². The Morgan fingerprint density at radius 2 is 1.48 bits per heavy atom. The zero-order valence-electron chi connectivity index (χ0n) is 15.4. The summed E-state index contributed by atoms with van der Waals surface area (Å²) in [5.41, 5.74) is 2.11. The number of halogens is 1. The Kier molecular flexibility index (Phi) is 5.43. The van der Waals surface area contributed by atoms with Crippen LogP contribution in [0.5, 0.6) is 5.75 Å². The Labute approximate surface area is 150 Å². The Balaban J connectivity index is 1.73. The molecule has 25 heavy (non-hydrogen) atoms. The van der Waals surface area contributed by atoms with Gasteiger partial charge in [-0.25, -0.2) is 4.39 Å². The fourth-order valence-electron chi connectivity index (χ4n) is 3.78. The van der Waals surface area contributed by atoms with Crippen molar-refractivity contribution in [2.24, 2.45) is 5.92 Å². The third-order valence-corrected chi connectivity index (χ3v) is 5.52. The molecule has 0 bridgehead atoms. The molecule has 0 spiro atoms. The van der Waals surface area contributed by atoms with Gasteiger partial charge in [-0.1, -0.05) is 51.0 Å². The molecule has 3 heteroatoms. The van der Waals surface area contributed by atoms with E-state index in [0.717, 1.165) is 11.3 Å². The van der Waals surface area contributed by atoms with Gasteiger partial charge >= 0.3 is 0 Å². The molecule has 2 aromatic carbocycles. The zero-order valence-corrected chi connectivity index (χ0v) is 15.4. The van der Waals surface area contributed by atoms with Crippen molar-refractivity contribution < 1.29 is 9.13 Å². The normalized spacial score (nSPS) is 16.8. The minimum absolute atomic E-state index is 0.0819. The second-order valence-corrected chi connectivity index (χ2v) is 7.53. The van der Waals surface area contributed by atoms with Crippen LogP contribution >= 0.6 is 0 Å². The van der Waals surface area contributed by atoms with Crippen molar-refractivity contribution >= 4 is 0 Å². The quantitative estimate of drug-likeness (QED) is 0.723. The van der Waals surface area contributed by atoms with Crippen LogP contribution in [0.1, 0.15) is 50.7 Å². The highest BCUT2D eigenvalue weighted by Gasteiger charge is 2.26. The molecule has 0 amide bonds. The molecule has 0 radical (unpaired) electrons. The number of benzene rings is 2. The maximum absolute atomic E-state index is 13.2. The molecule has 1 fully saturated rings. The van der Waals surface area contributed by atoms with Crippen LogP contribution in [0.3, 0.4) is 0 Å². The Morgan fingerprint density at radius 3 is 2.00 bits per heavy atom. The molecule has 1 N–H and O–H groups in total. The van der Waals surface area contributed by atoms with Gasteiger partial charge in [0.1, 0.15) is 11.6 Å². The average molecular weight is 341 g/mol. The van der Waals surface area contributed by atoms with Gasteiger partial charge in [-0.3, -0.25) is 5.32 Å². The highest BCUT2D eigenvalue weighted by molar-refractivity contribution is 5.40. The van der Waals surface area contributed by atoms with Crippen LogP contribution in [-0.4, -0.2) is 13.3 Å². The molecule has 3 rings (SSSR count). The topological polar surface area (TPSA) is 21.3 Å². The highest BCUT2D eigenvalue weighted by Crippen LogP contribution is 2.33. The van der Waals surface area contributed by atoms with Crippen molar-refractivity contribution in [1.29, 1.82) is 0 Å². The molecule has 2 aromatic rings. The van der Waals surface area contributed by atoms with Gasteiger partial charge in [-0.15, -0.1) is 0 Å². The van der Waals surface area contributed by atoms with E-state index in [-0.39, 0.29) is 17.5 Å². The fourth-order valence-corrected chi connectivity index (χ4v) is 3.78. The first kappa shape index (κ1) is 17.9. The monoisotopic (exact) mass is 341 g/mol. The summed E-state index contributed by atoms with van der Waals surface area (Å²) in [6.07, 6.45) is 5.16. The van der Waals surface area contributed by atoms with Crippen molar-refractivity contribution in [3.63, 3.8) is 0 Å². The van der Waals surface area contributed by atoms with E-state index in [2.05, 4.69) is 31.3 Å². The van der Waals surface area contributed by atoms with Crippen molar-refractivity contribution in [3.05, 3.63) is 65.5 Å². The fraction of sp³-hybridized carbons (Fsp3) is 0.455. The van der Waals surface area contributed by atoms with Gasteiger partial charge in [0.2, 0.25) is 0 Å². The number of ether oxygens (including phenoxy) is 1. The summed E-state index contributed by atoms with van der Waals surface area (Å²) in [5.74, 6) is 1.29. The molecule has 1 aliphatic carbocycles. The van der Waals surface area contributed by atoms with Gasteiger partial charge in [0.25, 0.3) is 0 Å². The second-order valence-electron chi connectivity index (χ2n) is 7.53. The number of nitrogens with one attached hydrogen (secondary N) is 1. The summed E-state index contributed by atoms with van der Waals surface area (Å²) in [5, 5.41) is 3.31. The van der Waals surface area contributed by atoms with Crippen LogP contribution in [0.25, 0.3) is 0 Å². The third kappa shape index (κ3) is 4.04. The molecule has 0 aliphatic heterocycles. The summed E-state index contributed by atoms with van der Waals surface area (Å²) in [6.45, 7) is 4.32. The minimum atomic E-state index is -0.201. The van der Waals surface area contributed by atoms with E-state index in [9.17, 15) is 4.39 Å². The van der Waals surface area contributed by atoms with E-state index in [1.54, 1.807) is 0 Å². The molecule has 2 nitrogen and oxygen atoms in total. The van der Waals surface area contributed by atoms with Crippen molar-refractivity contribution in [3.8, 4) is 5.75 Å². The smallest absolute Gasteiger partial charge is 0.152 e. The van der Waals surface area contributed by atoms with E-state index in [4.69, 9.17) is 4.74 Å². The lowest BCUT2D eigenvalue weighted by Gasteiger charge is -2.27. The van der Waals surface area contributed by atoms with Gasteiger partial charge in [-0.2, -0.15) is 0 Å². The number of rotatable bonds is 6. The van der Waals surface area contributed by atoms with Crippen LogP contribution in [0, 0.1) is 11.7 Å². The molecular weight excluding hydrogens is 313 g/mol. The Morgan fingerprint density at radius 1 is 0.960 bits per heavy atom. The molecule has 1 aliphatic rings. The predicted octanol–water partition coefficient (Wildman–Crippen LogP) is 5.27. The molecule has 0 saturated heterocycles. The first-order chi connectivity index (χ1) is 12.0.